The molecule has 4 nitrogen and oxygen atoms in total. The molecule has 1 aliphatic heterocycles. The summed E-state index contributed by atoms with van der Waals surface area (Å²) >= 11 is 0. The molecule has 1 fully saturated rings. The van der Waals surface area contributed by atoms with Crippen LogP contribution in [0.25, 0.3) is 0 Å². The van der Waals surface area contributed by atoms with Gasteiger partial charge in [0.25, 0.3) is 0 Å². The van der Waals surface area contributed by atoms with E-state index in [0.29, 0.717) is 23.7 Å². The zero-order valence-electron chi connectivity index (χ0n) is 12.6. The molecule has 4 heteroatoms. The van der Waals surface area contributed by atoms with Crippen LogP contribution in [0.3, 0.4) is 0 Å². The Kier molecular flexibility index (Phi) is 6.49. The van der Waals surface area contributed by atoms with Crippen LogP contribution in [0.2, 0.25) is 0 Å². The summed E-state index contributed by atoms with van der Waals surface area (Å²) < 4.78 is 10.3. The number of rotatable bonds is 7. The van der Waals surface area contributed by atoms with Gasteiger partial charge >= 0.3 is 11.9 Å². The van der Waals surface area contributed by atoms with Crippen LogP contribution in [0.1, 0.15) is 46.5 Å². The highest BCUT2D eigenvalue weighted by molar-refractivity contribution is 5.92. The van der Waals surface area contributed by atoms with Crippen LogP contribution in [0.15, 0.2) is 24.0 Å². The average Bonchev–Trinajstić information content (AvgIpc) is 2.73. The van der Waals surface area contributed by atoms with Gasteiger partial charge in [-0.15, -0.1) is 6.58 Å². The number of allylic oxidation sites excluding steroid dienone is 1. The summed E-state index contributed by atoms with van der Waals surface area (Å²) in [6.07, 6.45) is 5.31. The van der Waals surface area contributed by atoms with Crippen molar-refractivity contribution in [1.29, 1.82) is 0 Å². The molecule has 0 N–H and O–H groups in total. The van der Waals surface area contributed by atoms with Crippen molar-refractivity contribution in [2.45, 2.75) is 46.5 Å². The third-order valence-corrected chi connectivity index (χ3v) is 3.27. The fourth-order valence-corrected chi connectivity index (χ4v) is 2.24. The molecule has 0 radical (unpaired) electrons. The highest BCUT2D eigenvalue weighted by atomic mass is 16.6. The minimum Gasteiger partial charge on any atom is -0.461 e. The van der Waals surface area contributed by atoms with Crippen molar-refractivity contribution in [3.05, 3.63) is 24.0 Å². The van der Waals surface area contributed by atoms with Crippen molar-refractivity contribution < 1.29 is 19.1 Å². The molecule has 0 bridgehead atoms. The predicted molar refractivity (Wildman–Crippen MR) is 76.7 cm³/mol. The van der Waals surface area contributed by atoms with Gasteiger partial charge in [-0.25, -0.2) is 4.79 Å². The van der Waals surface area contributed by atoms with Gasteiger partial charge in [0.2, 0.25) is 0 Å². The number of ether oxygens (including phenoxy) is 2. The molecule has 1 atom stereocenters. The van der Waals surface area contributed by atoms with Gasteiger partial charge in [-0.3, -0.25) is 4.79 Å². The van der Waals surface area contributed by atoms with Gasteiger partial charge in [-0.05, 0) is 12.3 Å². The molecular weight excluding hydrogens is 256 g/mol. The monoisotopic (exact) mass is 280 g/mol. The summed E-state index contributed by atoms with van der Waals surface area (Å²) in [5.41, 5.74) is 0.458. The number of hydrogen-bond acceptors (Lipinski definition) is 4. The number of esters is 2. The summed E-state index contributed by atoms with van der Waals surface area (Å²) in [7, 11) is 0. The summed E-state index contributed by atoms with van der Waals surface area (Å²) in [4.78, 5) is 23.0. The first-order valence-corrected chi connectivity index (χ1v) is 7.16. The normalized spacial score (nSPS) is 20.8. The Hall–Kier alpha value is -1.58. The Balaban J connectivity index is 2.79. The molecule has 0 amide bonds. The zero-order chi connectivity index (χ0) is 15.1. The van der Waals surface area contributed by atoms with Gasteiger partial charge in [0.05, 0.1) is 5.57 Å². The maximum Gasteiger partial charge on any atom is 0.338 e. The average molecular weight is 280 g/mol. The fourth-order valence-electron chi connectivity index (χ4n) is 2.24. The highest BCUT2D eigenvalue weighted by Gasteiger charge is 2.32. The molecule has 1 rings (SSSR count). The summed E-state index contributed by atoms with van der Waals surface area (Å²) in [5, 5.41) is 0. The van der Waals surface area contributed by atoms with Crippen molar-refractivity contribution >= 4 is 11.9 Å². The third kappa shape index (κ3) is 4.83. The molecule has 0 aliphatic carbocycles. The molecule has 0 saturated carbocycles. The molecular formula is C16H24O4. The fraction of sp³-hybridized carbons (Fsp3) is 0.625. The number of carbonyl (C=O) groups is 2. The van der Waals surface area contributed by atoms with E-state index in [4.69, 9.17) is 9.47 Å². The van der Waals surface area contributed by atoms with Crippen molar-refractivity contribution in [1.82, 2.24) is 0 Å². The number of unbranched alkanes of at least 4 members (excludes halogenated alkanes) is 1. The summed E-state index contributed by atoms with van der Waals surface area (Å²) in [5.74, 6) is 0.127. The molecule has 0 aromatic rings. The Morgan fingerprint density at radius 2 is 2.20 bits per heavy atom. The zero-order valence-corrected chi connectivity index (χ0v) is 12.6. The minimum atomic E-state index is -0.404. The minimum absolute atomic E-state index is 0.179. The molecule has 0 aromatic carbocycles. The van der Waals surface area contributed by atoms with E-state index in [-0.39, 0.29) is 12.5 Å². The molecule has 1 heterocycles. The smallest absolute Gasteiger partial charge is 0.338 e. The topological polar surface area (TPSA) is 52.6 Å². The van der Waals surface area contributed by atoms with Crippen LogP contribution in [-0.4, -0.2) is 18.5 Å². The van der Waals surface area contributed by atoms with E-state index in [1.165, 1.54) is 6.92 Å². The lowest BCUT2D eigenvalue weighted by molar-refractivity contribution is -0.137. The standard InChI is InChI=1S/C16H24O4/c1-5-13-10-19-16(18)15(13)14(20-12(4)17)9-7-6-8-11(2)3/h5,11,13H,1,6-10H2,2-4H3/b15-14+/t13-/m0/s1. The lowest BCUT2D eigenvalue weighted by Gasteiger charge is -2.12. The van der Waals surface area contributed by atoms with E-state index in [2.05, 4.69) is 20.4 Å². The lowest BCUT2D eigenvalue weighted by atomic mass is 9.98. The maximum absolute atomic E-state index is 11.8. The SMILES string of the molecule is C=C[C@H]1COC(=O)/C1=C(\CCCCC(C)C)OC(C)=O. The Morgan fingerprint density at radius 1 is 1.50 bits per heavy atom. The second kappa shape index (κ2) is 7.88. The van der Waals surface area contributed by atoms with Crippen molar-refractivity contribution in [3.8, 4) is 0 Å². The number of carbonyl (C=O) groups excluding carboxylic acids is 2. The van der Waals surface area contributed by atoms with Gasteiger partial charge in [0.15, 0.2) is 0 Å². The maximum atomic E-state index is 11.8. The molecule has 0 spiro atoms. The van der Waals surface area contributed by atoms with Crippen LogP contribution < -0.4 is 0 Å². The van der Waals surface area contributed by atoms with Gasteiger partial charge in [0, 0.05) is 19.3 Å². The quantitative estimate of drug-likeness (QED) is 0.236. The number of cyclic esters (lactones) is 1. The highest BCUT2D eigenvalue weighted by Crippen LogP contribution is 2.29. The van der Waals surface area contributed by atoms with Crippen LogP contribution in [0, 0.1) is 11.8 Å². The first-order chi connectivity index (χ1) is 9.45. The van der Waals surface area contributed by atoms with Crippen molar-refractivity contribution in [2.24, 2.45) is 11.8 Å². The van der Waals surface area contributed by atoms with E-state index in [1.807, 2.05) is 0 Å². The number of hydrogen-bond donors (Lipinski definition) is 0. The van der Waals surface area contributed by atoms with Gasteiger partial charge < -0.3 is 9.47 Å². The molecule has 20 heavy (non-hydrogen) atoms. The third-order valence-electron chi connectivity index (χ3n) is 3.27. The molecule has 0 aromatic heterocycles. The second-order valence-electron chi connectivity index (χ2n) is 5.51. The molecule has 0 unspecified atom stereocenters. The largest absolute Gasteiger partial charge is 0.461 e. The second-order valence-corrected chi connectivity index (χ2v) is 5.51. The molecule has 1 saturated heterocycles. The molecule has 1 aliphatic rings. The van der Waals surface area contributed by atoms with E-state index in [0.717, 1.165) is 19.3 Å². The van der Waals surface area contributed by atoms with Crippen LogP contribution in [0.5, 0.6) is 0 Å². The van der Waals surface area contributed by atoms with Crippen LogP contribution >= 0.6 is 0 Å². The van der Waals surface area contributed by atoms with E-state index < -0.39 is 11.9 Å². The lowest BCUT2D eigenvalue weighted by Crippen LogP contribution is -2.10. The Labute approximate surface area is 120 Å². The Bertz CT molecular complexity index is 407. The van der Waals surface area contributed by atoms with Gasteiger partial charge in [0.1, 0.15) is 12.4 Å². The predicted octanol–water partition coefficient (Wildman–Crippen LogP) is 3.38. The first kappa shape index (κ1) is 16.5. The van der Waals surface area contributed by atoms with Crippen LogP contribution in [-0.2, 0) is 19.1 Å². The van der Waals surface area contributed by atoms with E-state index in [9.17, 15) is 9.59 Å². The van der Waals surface area contributed by atoms with Gasteiger partial charge in [-0.1, -0.05) is 32.8 Å². The van der Waals surface area contributed by atoms with E-state index in [1.54, 1.807) is 6.08 Å². The van der Waals surface area contributed by atoms with Crippen LogP contribution in [0.4, 0.5) is 0 Å². The summed E-state index contributed by atoms with van der Waals surface area (Å²) in [6.45, 7) is 9.68. The van der Waals surface area contributed by atoms with Crippen molar-refractivity contribution in [3.63, 3.8) is 0 Å². The molecule has 112 valence electrons. The summed E-state index contributed by atoms with van der Waals surface area (Å²) in [6, 6.07) is 0. The van der Waals surface area contributed by atoms with Gasteiger partial charge in [-0.2, -0.15) is 0 Å². The van der Waals surface area contributed by atoms with E-state index >= 15 is 0 Å². The Morgan fingerprint density at radius 3 is 2.75 bits per heavy atom. The van der Waals surface area contributed by atoms with Crippen molar-refractivity contribution in [2.75, 3.05) is 6.61 Å². The first-order valence-electron chi connectivity index (χ1n) is 7.16.